The summed E-state index contributed by atoms with van der Waals surface area (Å²) in [5, 5.41) is 0. The molecule has 30 heavy (non-hydrogen) atoms. The molecule has 2 amide bonds. The van der Waals surface area contributed by atoms with E-state index in [1.807, 2.05) is 26.0 Å². The van der Waals surface area contributed by atoms with Gasteiger partial charge in [-0.05, 0) is 74.3 Å². The zero-order valence-corrected chi connectivity index (χ0v) is 17.3. The second-order valence-electron chi connectivity index (χ2n) is 8.88. The SMILES string of the molecule is Cc1ccc(C(=O)COc2ccccc2N2C(=O)[C@H]3[C@H]4CC[C@@H](C4)[C@@H]3C2=O)cc1C. The Hall–Kier alpha value is -2.95. The molecule has 1 heterocycles. The van der Waals surface area contributed by atoms with E-state index < -0.39 is 0 Å². The number of ketones is 1. The van der Waals surface area contributed by atoms with Crippen molar-refractivity contribution < 1.29 is 19.1 Å². The van der Waals surface area contributed by atoms with Crippen LogP contribution in [0.5, 0.6) is 5.75 Å². The van der Waals surface area contributed by atoms with Gasteiger partial charge in [-0.25, -0.2) is 4.90 Å². The maximum absolute atomic E-state index is 13.2. The first-order valence-corrected chi connectivity index (χ1v) is 10.7. The first-order valence-electron chi connectivity index (χ1n) is 10.7. The summed E-state index contributed by atoms with van der Waals surface area (Å²) < 4.78 is 5.83. The average molecular weight is 403 g/mol. The third kappa shape index (κ3) is 2.87. The minimum atomic E-state index is -0.179. The van der Waals surface area contributed by atoms with Gasteiger partial charge < -0.3 is 4.74 Å². The molecule has 0 aromatic heterocycles. The number of amides is 2. The monoisotopic (exact) mass is 403 g/mol. The van der Waals surface area contributed by atoms with Crippen LogP contribution in [0.4, 0.5) is 5.69 Å². The Balaban J connectivity index is 1.37. The number of nitrogens with zero attached hydrogens (tertiary/aromatic N) is 1. The summed E-state index contributed by atoms with van der Waals surface area (Å²) in [7, 11) is 0. The molecule has 2 aromatic carbocycles. The van der Waals surface area contributed by atoms with Crippen LogP contribution in [0, 0.1) is 37.5 Å². The van der Waals surface area contributed by atoms with Gasteiger partial charge >= 0.3 is 0 Å². The van der Waals surface area contributed by atoms with E-state index in [0.717, 1.165) is 30.4 Å². The molecular formula is C25H25NO4. The number of carbonyl (C=O) groups is 3. The highest BCUT2D eigenvalue weighted by molar-refractivity contribution is 6.23. The standard InChI is InChI=1S/C25H25NO4/c1-14-7-8-16(11-15(14)2)20(27)13-30-21-6-4-3-5-19(21)26-24(28)22-17-9-10-18(12-17)23(22)25(26)29/h3-8,11,17-18,22-23H,9-10,12-13H2,1-2H3/t17-,18-,22-,23-/m0/s1. The predicted octanol–water partition coefficient (Wildman–Crippen LogP) is 4.10. The summed E-state index contributed by atoms with van der Waals surface area (Å²) >= 11 is 0. The molecule has 5 heteroatoms. The van der Waals surface area contributed by atoms with Crippen molar-refractivity contribution in [3.63, 3.8) is 0 Å². The minimum Gasteiger partial charge on any atom is -0.483 e. The van der Waals surface area contributed by atoms with Crippen molar-refractivity contribution in [1.29, 1.82) is 0 Å². The molecule has 2 saturated carbocycles. The average Bonchev–Trinajstić information content (AvgIpc) is 3.42. The maximum Gasteiger partial charge on any atom is 0.238 e. The van der Waals surface area contributed by atoms with Gasteiger partial charge in [0.1, 0.15) is 5.75 Å². The molecule has 0 radical (unpaired) electrons. The van der Waals surface area contributed by atoms with Gasteiger partial charge in [0.2, 0.25) is 11.8 Å². The van der Waals surface area contributed by atoms with Crippen molar-refractivity contribution in [1.82, 2.24) is 0 Å². The second kappa shape index (κ2) is 7.08. The number of carbonyl (C=O) groups excluding carboxylic acids is 3. The summed E-state index contributed by atoms with van der Waals surface area (Å²) in [6.45, 7) is 3.83. The van der Waals surface area contributed by atoms with Crippen molar-refractivity contribution in [2.45, 2.75) is 33.1 Å². The number of benzene rings is 2. The van der Waals surface area contributed by atoms with Gasteiger partial charge in [0.25, 0.3) is 0 Å². The van der Waals surface area contributed by atoms with E-state index in [9.17, 15) is 14.4 Å². The number of Topliss-reactive ketones (excluding diaryl/α,β-unsaturated/α-hetero) is 1. The number of fused-ring (bicyclic) bond motifs is 5. The molecule has 2 aliphatic carbocycles. The molecule has 3 aliphatic rings. The number of anilines is 1. The summed E-state index contributed by atoms with van der Waals surface area (Å²) in [5.74, 6) is 0.359. The minimum absolute atomic E-state index is 0.103. The van der Waals surface area contributed by atoms with Crippen molar-refractivity contribution in [2.75, 3.05) is 11.5 Å². The molecular weight excluding hydrogens is 378 g/mol. The molecule has 4 atom stereocenters. The fourth-order valence-corrected chi connectivity index (χ4v) is 5.55. The van der Waals surface area contributed by atoms with E-state index in [4.69, 9.17) is 4.74 Å². The predicted molar refractivity (Wildman–Crippen MR) is 112 cm³/mol. The van der Waals surface area contributed by atoms with Crippen LogP contribution in [0.15, 0.2) is 42.5 Å². The van der Waals surface area contributed by atoms with E-state index in [1.165, 1.54) is 4.90 Å². The van der Waals surface area contributed by atoms with Gasteiger partial charge in [0.15, 0.2) is 12.4 Å². The fraction of sp³-hybridized carbons (Fsp3) is 0.400. The van der Waals surface area contributed by atoms with Crippen LogP contribution in [0.25, 0.3) is 0 Å². The van der Waals surface area contributed by atoms with E-state index in [2.05, 4.69) is 0 Å². The Bertz CT molecular complexity index is 1030. The van der Waals surface area contributed by atoms with Crippen LogP contribution in [-0.4, -0.2) is 24.2 Å². The van der Waals surface area contributed by atoms with Crippen molar-refractivity contribution in [2.24, 2.45) is 23.7 Å². The largest absolute Gasteiger partial charge is 0.483 e. The van der Waals surface area contributed by atoms with E-state index >= 15 is 0 Å². The van der Waals surface area contributed by atoms with Crippen LogP contribution in [-0.2, 0) is 9.59 Å². The molecule has 0 N–H and O–H groups in total. The van der Waals surface area contributed by atoms with Crippen LogP contribution < -0.4 is 9.64 Å². The highest BCUT2D eigenvalue weighted by Gasteiger charge is 2.61. The number of para-hydroxylation sites is 2. The highest BCUT2D eigenvalue weighted by atomic mass is 16.5. The van der Waals surface area contributed by atoms with E-state index in [-0.39, 0.29) is 36.0 Å². The molecule has 0 spiro atoms. The Morgan fingerprint density at radius 2 is 1.63 bits per heavy atom. The molecule has 1 aliphatic heterocycles. The van der Waals surface area contributed by atoms with Crippen LogP contribution in [0.1, 0.15) is 40.7 Å². The zero-order valence-electron chi connectivity index (χ0n) is 17.3. The second-order valence-corrected chi connectivity index (χ2v) is 8.88. The van der Waals surface area contributed by atoms with Gasteiger partial charge in [0.05, 0.1) is 17.5 Å². The number of hydrogen-bond acceptors (Lipinski definition) is 4. The number of imide groups is 1. The number of rotatable bonds is 5. The smallest absolute Gasteiger partial charge is 0.238 e. The van der Waals surface area contributed by atoms with Gasteiger partial charge in [-0.2, -0.15) is 0 Å². The molecule has 2 aromatic rings. The quantitative estimate of drug-likeness (QED) is 0.557. The maximum atomic E-state index is 13.2. The Morgan fingerprint density at radius 1 is 0.967 bits per heavy atom. The summed E-state index contributed by atoms with van der Waals surface area (Å²) in [5.41, 5.74) is 3.23. The third-order valence-corrected chi connectivity index (χ3v) is 7.22. The topological polar surface area (TPSA) is 63.7 Å². The van der Waals surface area contributed by atoms with E-state index in [0.29, 0.717) is 28.8 Å². The normalized spacial score (nSPS) is 26.9. The van der Waals surface area contributed by atoms with Gasteiger partial charge in [-0.3, -0.25) is 14.4 Å². The van der Waals surface area contributed by atoms with E-state index in [1.54, 1.807) is 30.3 Å². The highest BCUT2D eigenvalue weighted by Crippen LogP contribution is 2.57. The van der Waals surface area contributed by atoms with Crippen LogP contribution in [0.3, 0.4) is 0 Å². The number of ether oxygens (including phenoxy) is 1. The summed E-state index contributed by atoms with van der Waals surface area (Å²) in [6, 6.07) is 12.6. The number of aryl methyl sites for hydroxylation is 2. The lowest BCUT2D eigenvalue weighted by Gasteiger charge is -2.20. The lowest BCUT2D eigenvalue weighted by Crippen LogP contribution is -2.33. The van der Waals surface area contributed by atoms with Crippen molar-refractivity contribution in [3.05, 3.63) is 59.2 Å². The Labute approximate surface area is 176 Å². The first-order chi connectivity index (χ1) is 14.5. The zero-order chi connectivity index (χ0) is 21.0. The lowest BCUT2D eigenvalue weighted by molar-refractivity contribution is -0.123. The molecule has 5 nitrogen and oxygen atoms in total. The van der Waals surface area contributed by atoms with Gasteiger partial charge in [0, 0.05) is 5.56 Å². The molecule has 3 fully saturated rings. The third-order valence-electron chi connectivity index (χ3n) is 7.22. The summed E-state index contributed by atoms with van der Waals surface area (Å²) in [4.78, 5) is 40.2. The molecule has 5 rings (SSSR count). The molecule has 154 valence electrons. The van der Waals surface area contributed by atoms with Crippen LogP contribution in [0.2, 0.25) is 0 Å². The Kier molecular flexibility index (Phi) is 4.49. The van der Waals surface area contributed by atoms with Gasteiger partial charge in [-0.1, -0.05) is 24.3 Å². The Morgan fingerprint density at radius 3 is 2.30 bits per heavy atom. The fourth-order valence-electron chi connectivity index (χ4n) is 5.55. The van der Waals surface area contributed by atoms with Crippen LogP contribution >= 0.6 is 0 Å². The lowest BCUT2D eigenvalue weighted by atomic mass is 9.81. The summed E-state index contributed by atoms with van der Waals surface area (Å²) in [6.07, 6.45) is 3.09. The van der Waals surface area contributed by atoms with Crippen molar-refractivity contribution in [3.8, 4) is 5.75 Å². The molecule has 1 saturated heterocycles. The molecule has 2 bridgehead atoms. The number of hydrogen-bond donors (Lipinski definition) is 0. The van der Waals surface area contributed by atoms with Gasteiger partial charge in [-0.15, -0.1) is 0 Å². The molecule has 0 unspecified atom stereocenters. The van der Waals surface area contributed by atoms with Crippen molar-refractivity contribution >= 4 is 23.3 Å². The first kappa shape index (κ1) is 19.0.